The smallest absolute Gasteiger partial charge is 0.335 e. The molecule has 4 heteroatoms. The van der Waals surface area contributed by atoms with Crippen molar-refractivity contribution in [2.45, 2.75) is 52.1 Å². The second-order valence-electron chi connectivity index (χ2n) is 5.21. The van der Waals surface area contributed by atoms with Crippen LogP contribution >= 0.6 is 0 Å². The van der Waals surface area contributed by atoms with Crippen LogP contribution in [-0.2, 0) is 4.74 Å². The van der Waals surface area contributed by atoms with Crippen LogP contribution in [0, 0.1) is 0 Å². The molecule has 0 aliphatic heterocycles. The Kier molecular flexibility index (Phi) is 8.51. The summed E-state index contributed by atoms with van der Waals surface area (Å²) in [6.45, 7) is 5.33. The molecule has 0 amide bonds. The Morgan fingerprint density at radius 3 is 2.48 bits per heavy atom. The number of carboxylic acid groups (broad SMARTS) is 1. The maximum Gasteiger partial charge on any atom is 0.335 e. The van der Waals surface area contributed by atoms with Crippen molar-refractivity contribution >= 4 is 5.97 Å². The molecule has 0 spiro atoms. The summed E-state index contributed by atoms with van der Waals surface area (Å²) >= 11 is 0. The minimum Gasteiger partial charge on any atom is -0.491 e. The molecular weight excluding hydrogens is 268 g/mol. The lowest BCUT2D eigenvalue weighted by atomic mass is 10.1. The zero-order valence-corrected chi connectivity index (χ0v) is 13.0. The van der Waals surface area contributed by atoms with E-state index in [1.165, 1.54) is 37.8 Å². The number of hydrogen-bond acceptors (Lipinski definition) is 3. The van der Waals surface area contributed by atoms with E-state index in [0.29, 0.717) is 19.0 Å². The first-order valence-corrected chi connectivity index (χ1v) is 7.71. The van der Waals surface area contributed by atoms with Crippen molar-refractivity contribution in [3.05, 3.63) is 29.8 Å². The number of rotatable bonds is 11. The summed E-state index contributed by atoms with van der Waals surface area (Å²) in [7, 11) is 0. The first kappa shape index (κ1) is 17.5. The molecule has 1 aromatic rings. The van der Waals surface area contributed by atoms with Gasteiger partial charge in [-0.1, -0.05) is 32.6 Å². The molecule has 0 aliphatic carbocycles. The maximum atomic E-state index is 10.7. The first-order valence-electron chi connectivity index (χ1n) is 7.71. The highest BCUT2D eigenvalue weighted by Gasteiger charge is 2.04. The van der Waals surface area contributed by atoms with Crippen LogP contribution in [-0.4, -0.2) is 30.4 Å². The van der Waals surface area contributed by atoms with Gasteiger partial charge in [0, 0.05) is 0 Å². The SMILES string of the molecule is CCCCCCC(C)OCCOc1ccc(C(=O)O)cc1. The van der Waals surface area contributed by atoms with Crippen molar-refractivity contribution in [3.63, 3.8) is 0 Å². The van der Waals surface area contributed by atoms with Crippen LogP contribution < -0.4 is 4.74 Å². The fourth-order valence-corrected chi connectivity index (χ4v) is 2.04. The Bertz CT molecular complexity index is 400. The van der Waals surface area contributed by atoms with Crippen molar-refractivity contribution < 1.29 is 19.4 Å². The molecule has 1 N–H and O–H groups in total. The average molecular weight is 294 g/mol. The van der Waals surface area contributed by atoms with E-state index >= 15 is 0 Å². The van der Waals surface area contributed by atoms with Crippen molar-refractivity contribution in [1.82, 2.24) is 0 Å². The zero-order valence-electron chi connectivity index (χ0n) is 13.0. The molecule has 0 radical (unpaired) electrons. The number of carbonyl (C=O) groups is 1. The zero-order chi connectivity index (χ0) is 15.5. The highest BCUT2D eigenvalue weighted by molar-refractivity contribution is 5.87. The molecule has 0 aromatic heterocycles. The number of carboxylic acids is 1. The Balaban J connectivity index is 2.11. The molecule has 0 saturated carbocycles. The molecule has 21 heavy (non-hydrogen) atoms. The quantitative estimate of drug-likeness (QED) is 0.623. The Morgan fingerprint density at radius 2 is 1.86 bits per heavy atom. The van der Waals surface area contributed by atoms with Crippen LogP contribution in [0.15, 0.2) is 24.3 Å². The van der Waals surface area contributed by atoms with Crippen LogP contribution in [0.1, 0.15) is 56.3 Å². The van der Waals surface area contributed by atoms with Gasteiger partial charge in [-0.2, -0.15) is 0 Å². The van der Waals surface area contributed by atoms with Gasteiger partial charge in [-0.25, -0.2) is 4.79 Å². The van der Waals surface area contributed by atoms with Gasteiger partial charge in [0.15, 0.2) is 0 Å². The van der Waals surface area contributed by atoms with Gasteiger partial charge in [-0.05, 0) is 37.6 Å². The lowest BCUT2D eigenvalue weighted by molar-refractivity contribution is 0.0384. The van der Waals surface area contributed by atoms with Crippen LogP contribution in [0.3, 0.4) is 0 Å². The van der Waals surface area contributed by atoms with Gasteiger partial charge in [0.05, 0.1) is 18.3 Å². The number of unbranched alkanes of at least 4 members (excludes halogenated alkanes) is 3. The number of hydrogen-bond donors (Lipinski definition) is 1. The van der Waals surface area contributed by atoms with Gasteiger partial charge >= 0.3 is 5.97 Å². The standard InChI is InChI=1S/C17H26O4/c1-3-4-5-6-7-14(2)20-12-13-21-16-10-8-15(9-11-16)17(18)19/h8-11,14H,3-7,12-13H2,1-2H3,(H,18,19). The normalized spacial score (nSPS) is 12.1. The molecule has 1 aromatic carbocycles. The minimum atomic E-state index is -0.929. The average Bonchev–Trinajstić information content (AvgIpc) is 2.48. The van der Waals surface area contributed by atoms with Crippen LogP contribution in [0.4, 0.5) is 0 Å². The summed E-state index contributed by atoms with van der Waals surface area (Å²) in [6.07, 6.45) is 6.39. The molecule has 1 unspecified atom stereocenters. The molecule has 0 saturated heterocycles. The largest absolute Gasteiger partial charge is 0.491 e. The van der Waals surface area contributed by atoms with E-state index in [1.807, 2.05) is 0 Å². The van der Waals surface area contributed by atoms with Crippen molar-refractivity contribution in [1.29, 1.82) is 0 Å². The summed E-state index contributed by atoms with van der Waals surface area (Å²) in [5, 5.41) is 8.79. The van der Waals surface area contributed by atoms with Crippen LogP contribution in [0.25, 0.3) is 0 Å². The third kappa shape index (κ3) is 7.71. The van der Waals surface area contributed by atoms with E-state index in [-0.39, 0.29) is 11.7 Å². The van der Waals surface area contributed by atoms with E-state index in [0.717, 1.165) is 6.42 Å². The molecule has 1 atom stereocenters. The number of benzene rings is 1. The van der Waals surface area contributed by atoms with Gasteiger partial charge in [0.2, 0.25) is 0 Å². The van der Waals surface area contributed by atoms with Crippen LogP contribution in [0.5, 0.6) is 5.75 Å². The molecule has 118 valence electrons. The summed E-state index contributed by atoms with van der Waals surface area (Å²) < 4.78 is 11.2. The van der Waals surface area contributed by atoms with E-state index in [4.69, 9.17) is 14.6 Å². The molecule has 0 fully saturated rings. The molecule has 0 bridgehead atoms. The molecule has 1 rings (SSSR count). The van der Waals surface area contributed by atoms with Gasteiger partial charge in [0.1, 0.15) is 12.4 Å². The number of aromatic carboxylic acids is 1. The van der Waals surface area contributed by atoms with Gasteiger partial charge in [-0.3, -0.25) is 0 Å². The highest BCUT2D eigenvalue weighted by Crippen LogP contribution is 2.12. The lowest BCUT2D eigenvalue weighted by Crippen LogP contribution is -2.14. The van der Waals surface area contributed by atoms with E-state index in [1.54, 1.807) is 12.1 Å². The van der Waals surface area contributed by atoms with Gasteiger partial charge in [-0.15, -0.1) is 0 Å². The van der Waals surface area contributed by atoms with Gasteiger partial charge < -0.3 is 14.6 Å². The molecule has 0 heterocycles. The van der Waals surface area contributed by atoms with Crippen molar-refractivity contribution in [2.24, 2.45) is 0 Å². The van der Waals surface area contributed by atoms with Crippen molar-refractivity contribution in [3.8, 4) is 5.75 Å². The third-order valence-electron chi connectivity index (χ3n) is 3.32. The Hall–Kier alpha value is -1.55. The molecule has 4 nitrogen and oxygen atoms in total. The molecule has 0 aliphatic rings. The topological polar surface area (TPSA) is 55.8 Å². The fourth-order valence-electron chi connectivity index (χ4n) is 2.04. The molecular formula is C17H26O4. The van der Waals surface area contributed by atoms with E-state index in [9.17, 15) is 4.79 Å². The van der Waals surface area contributed by atoms with Crippen LogP contribution in [0.2, 0.25) is 0 Å². The second-order valence-corrected chi connectivity index (χ2v) is 5.21. The van der Waals surface area contributed by atoms with E-state index < -0.39 is 5.97 Å². The first-order chi connectivity index (χ1) is 10.1. The predicted molar refractivity (Wildman–Crippen MR) is 83.1 cm³/mol. The lowest BCUT2D eigenvalue weighted by Gasteiger charge is -2.13. The summed E-state index contributed by atoms with van der Waals surface area (Å²) in [5.41, 5.74) is 0.263. The second kappa shape index (κ2) is 10.2. The van der Waals surface area contributed by atoms with Gasteiger partial charge in [0.25, 0.3) is 0 Å². The van der Waals surface area contributed by atoms with Crippen molar-refractivity contribution in [2.75, 3.05) is 13.2 Å². The Labute approximate surface area is 127 Å². The summed E-state index contributed by atoms with van der Waals surface area (Å²) in [5.74, 6) is -0.263. The highest BCUT2D eigenvalue weighted by atomic mass is 16.5. The Morgan fingerprint density at radius 1 is 1.14 bits per heavy atom. The third-order valence-corrected chi connectivity index (χ3v) is 3.32. The fraction of sp³-hybridized carbons (Fsp3) is 0.588. The minimum absolute atomic E-state index is 0.263. The summed E-state index contributed by atoms with van der Waals surface area (Å²) in [6, 6.07) is 6.40. The predicted octanol–water partition coefficient (Wildman–Crippen LogP) is 4.14. The van der Waals surface area contributed by atoms with E-state index in [2.05, 4.69) is 13.8 Å². The monoisotopic (exact) mass is 294 g/mol. The number of ether oxygens (including phenoxy) is 2. The maximum absolute atomic E-state index is 10.7. The summed E-state index contributed by atoms with van der Waals surface area (Å²) in [4.78, 5) is 10.7.